The summed E-state index contributed by atoms with van der Waals surface area (Å²) in [5, 5.41) is 0.234. The highest BCUT2D eigenvalue weighted by atomic mass is 35.5. The number of amides is 1. The molecule has 2 aromatic rings. The maximum atomic E-state index is 12.4. The van der Waals surface area contributed by atoms with Gasteiger partial charge in [-0.25, -0.2) is 0 Å². The second kappa shape index (κ2) is 8.59. The average molecular weight is 367 g/mol. The molecule has 0 radical (unpaired) electrons. The molecule has 1 aromatic carbocycles. The Kier molecular flexibility index (Phi) is 6.76. The Morgan fingerprint density at radius 3 is 2.50 bits per heavy atom. The van der Waals surface area contributed by atoms with Crippen LogP contribution in [0.15, 0.2) is 42.6 Å². The van der Waals surface area contributed by atoms with E-state index in [2.05, 4.69) is 18.4 Å². The third kappa shape index (κ3) is 5.02. The molecule has 3 nitrogen and oxygen atoms in total. The smallest absolute Gasteiger partial charge is 0.240 e. The fourth-order valence-electron chi connectivity index (χ4n) is 2.68. The van der Waals surface area contributed by atoms with Crippen LogP contribution in [0.5, 0.6) is 0 Å². The highest BCUT2D eigenvalue weighted by Crippen LogP contribution is 2.19. The third-order valence-corrected chi connectivity index (χ3v) is 4.37. The second-order valence-electron chi connectivity index (χ2n) is 6.45. The van der Waals surface area contributed by atoms with Crippen molar-refractivity contribution in [3.8, 4) is 0 Å². The number of benzene rings is 1. The van der Waals surface area contributed by atoms with Crippen LogP contribution in [0.3, 0.4) is 0 Å². The van der Waals surface area contributed by atoms with E-state index >= 15 is 0 Å². The van der Waals surface area contributed by atoms with Crippen LogP contribution >= 0.6 is 23.2 Å². The number of carbonyl (C=O) groups is 1. The van der Waals surface area contributed by atoms with Gasteiger partial charge in [-0.2, -0.15) is 0 Å². The molecule has 5 heteroatoms. The highest BCUT2D eigenvalue weighted by Gasteiger charge is 2.21. The molecule has 1 atom stereocenters. The average Bonchev–Trinajstić information content (AvgIpc) is 2.94. The molecular weight excluding hydrogens is 343 g/mol. The summed E-state index contributed by atoms with van der Waals surface area (Å²) in [5.74, 6) is 0.354. The van der Waals surface area contributed by atoms with E-state index in [0.29, 0.717) is 25.6 Å². The van der Waals surface area contributed by atoms with Crippen LogP contribution in [0.2, 0.25) is 5.02 Å². The lowest BCUT2D eigenvalue weighted by Crippen LogP contribution is -2.38. The molecule has 0 spiro atoms. The van der Waals surface area contributed by atoms with Crippen LogP contribution in [-0.4, -0.2) is 27.3 Å². The van der Waals surface area contributed by atoms with Crippen molar-refractivity contribution in [3.05, 3.63) is 58.9 Å². The van der Waals surface area contributed by atoms with Gasteiger partial charge < -0.3 is 9.47 Å². The molecule has 0 unspecified atom stereocenters. The lowest BCUT2D eigenvalue weighted by Gasteiger charge is -2.26. The summed E-state index contributed by atoms with van der Waals surface area (Å²) < 4.78 is 2.13. The normalized spacial score (nSPS) is 12.4. The molecule has 24 heavy (non-hydrogen) atoms. The molecule has 0 aliphatic heterocycles. The monoisotopic (exact) mass is 366 g/mol. The fourth-order valence-corrected chi connectivity index (χ4v) is 3.01. The number of alkyl halides is 1. The third-order valence-electron chi connectivity index (χ3n) is 3.81. The van der Waals surface area contributed by atoms with E-state index in [1.807, 2.05) is 47.5 Å². The van der Waals surface area contributed by atoms with Gasteiger partial charge in [0.15, 0.2) is 0 Å². The van der Waals surface area contributed by atoms with Gasteiger partial charge in [-0.1, -0.05) is 43.6 Å². The molecule has 0 saturated heterocycles. The van der Waals surface area contributed by atoms with Crippen molar-refractivity contribution in [1.29, 1.82) is 0 Å². The Morgan fingerprint density at radius 2 is 1.88 bits per heavy atom. The summed E-state index contributed by atoms with van der Waals surface area (Å²) in [5.41, 5.74) is 2.13. The molecule has 0 saturated carbocycles. The van der Waals surface area contributed by atoms with E-state index < -0.39 is 5.38 Å². The molecule has 0 aliphatic carbocycles. The number of aromatic nitrogens is 1. The van der Waals surface area contributed by atoms with E-state index in [-0.39, 0.29) is 5.91 Å². The molecule has 2 rings (SSSR count). The lowest BCUT2D eigenvalue weighted by molar-refractivity contribution is -0.131. The van der Waals surface area contributed by atoms with Crippen molar-refractivity contribution in [2.45, 2.75) is 39.2 Å². The van der Waals surface area contributed by atoms with Crippen LogP contribution in [0.1, 0.15) is 32.0 Å². The Hall–Kier alpha value is -1.45. The van der Waals surface area contributed by atoms with Crippen molar-refractivity contribution < 1.29 is 4.79 Å². The predicted molar refractivity (Wildman–Crippen MR) is 101 cm³/mol. The summed E-state index contributed by atoms with van der Waals surface area (Å²) in [7, 11) is 0. The van der Waals surface area contributed by atoms with Crippen molar-refractivity contribution in [2.75, 3.05) is 6.54 Å². The standard InChI is InChI=1S/C19H24Cl2N2O/c1-14(2)11-23(19(24)15(3)20)13-17-8-6-10-22(17)12-16-7-4-5-9-18(16)21/h4-10,14-15H,11-13H2,1-3H3/t15-/m1/s1. The van der Waals surface area contributed by atoms with E-state index in [1.54, 1.807) is 6.92 Å². The first-order valence-electron chi connectivity index (χ1n) is 8.18. The minimum atomic E-state index is -0.518. The zero-order valence-corrected chi connectivity index (χ0v) is 15.9. The zero-order valence-electron chi connectivity index (χ0n) is 14.4. The van der Waals surface area contributed by atoms with Crippen LogP contribution < -0.4 is 0 Å². The molecule has 130 valence electrons. The number of halogens is 2. The predicted octanol–water partition coefficient (Wildman–Crippen LogP) is 4.80. The molecule has 1 heterocycles. The Labute approximate surface area is 154 Å². The van der Waals surface area contributed by atoms with E-state index in [1.165, 1.54) is 0 Å². The van der Waals surface area contributed by atoms with E-state index in [9.17, 15) is 4.79 Å². The largest absolute Gasteiger partial charge is 0.345 e. The van der Waals surface area contributed by atoms with Gasteiger partial charge >= 0.3 is 0 Å². The van der Waals surface area contributed by atoms with Gasteiger partial charge in [0.1, 0.15) is 5.38 Å². The van der Waals surface area contributed by atoms with E-state index in [4.69, 9.17) is 23.2 Å². The van der Waals surface area contributed by atoms with Crippen LogP contribution in [0, 0.1) is 5.92 Å². The number of hydrogen-bond acceptors (Lipinski definition) is 1. The second-order valence-corrected chi connectivity index (χ2v) is 7.51. The minimum absolute atomic E-state index is 0.0316. The first-order valence-corrected chi connectivity index (χ1v) is 9.00. The molecule has 1 amide bonds. The van der Waals surface area contributed by atoms with Crippen molar-refractivity contribution >= 4 is 29.1 Å². The summed E-state index contributed by atoms with van der Waals surface area (Å²) in [6, 6.07) is 11.8. The molecule has 0 aliphatic rings. The number of nitrogens with zero attached hydrogens (tertiary/aromatic N) is 2. The maximum absolute atomic E-state index is 12.4. The topological polar surface area (TPSA) is 25.2 Å². The summed E-state index contributed by atoms with van der Waals surface area (Å²) in [4.78, 5) is 14.2. The zero-order chi connectivity index (χ0) is 17.7. The number of carbonyl (C=O) groups excluding carboxylic acids is 1. The first-order chi connectivity index (χ1) is 11.4. The van der Waals surface area contributed by atoms with Crippen LogP contribution in [0.4, 0.5) is 0 Å². The molecule has 0 N–H and O–H groups in total. The van der Waals surface area contributed by atoms with Crippen LogP contribution in [0.25, 0.3) is 0 Å². The SMILES string of the molecule is CC(C)CN(Cc1cccn1Cc1ccccc1Cl)C(=O)[C@@H](C)Cl. The first kappa shape index (κ1) is 18.9. The minimum Gasteiger partial charge on any atom is -0.345 e. The summed E-state index contributed by atoms with van der Waals surface area (Å²) >= 11 is 12.3. The van der Waals surface area contributed by atoms with Crippen molar-refractivity contribution in [2.24, 2.45) is 5.92 Å². The molecule has 1 aromatic heterocycles. The number of rotatable bonds is 7. The summed E-state index contributed by atoms with van der Waals surface area (Å²) in [6.45, 7) is 7.84. The number of hydrogen-bond donors (Lipinski definition) is 0. The van der Waals surface area contributed by atoms with Gasteiger partial charge in [-0.05, 0) is 36.6 Å². The molecule has 0 bridgehead atoms. The lowest BCUT2D eigenvalue weighted by atomic mass is 10.2. The van der Waals surface area contributed by atoms with Gasteiger partial charge in [0.05, 0.1) is 6.54 Å². The molecular formula is C19H24Cl2N2O. The van der Waals surface area contributed by atoms with Gasteiger partial charge in [0.25, 0.3) is 0 Å². The fraction of sp³-hybridized carbons (Fsp3) is 0.421. The van der Waals surface area contributed by atoms with Crippen molar-refractivity contribution in [1.82, 2.24) is 9.47 Å². The Morgan fingerprint density at radius 1 is 1.17 bits per heavy atom. The Bertz CT molecular complexity index is 680. The van der Waals surface area contributed by atoms with Gasteiger partial charge in [0, 0.05) is 30.0 Å². The quantitative estimate of drug-likeness (QED) is 0.645. The van der Waals surface area contributed by atoms with Gasteiger partial charge in [0.2, 0.25) is 5.91 Å². The van der Waals surface area contributed by atoms with E-state index in [0.717, 1.165) is 16.3 Å². The molecule has 0 fully saturated rings. The van der Waals surface area contributed by atoms with Gasteiger partial charge in [-0.15, -0.1) is 11.6 Å². The Balaban J connectivity index is 2.18. The highest BCUT2D eigenvalue weighted by molar-refractivity contribution is 6.31. The maximum Gasteiger partial charge on any atom is 0.240 e. The van der Waals surface area contributed by atoms with Crippen molar-refractivity contribution in [3.63, 3.8) is 0 Å². The summed E-state index contributed by atoms with van der Waals surface area (Å²) in [6.07, 6.45) is 2.01. The van der Waals surface area contributed by atoms with Crippen LogP contribution in [-0.2, 0) is 17.9 Å². The van der Waals surface area contributed by atoms with Gasteiger partial charge in [-0.3, -0.25) is 4.79 Å².